The van der Waals surface area contributed by atoms with Crippen molar-refractivity contribution in [2.45, 2.75) is 20.4 Å². The topological polar surface area (TPSA) is 50.8 Å². The molecule has 1 aliphatic rings. The molecule has 0 radical (unpaired) electrons. The molecular weight excluding hydrogens is 324 g/mol. The molecule has 0 saturated carbocycles. The highest BCUT2D eigenvalue weighted by atomic mass is 79.9. The monoisotopic (exact) mass is 342 g/mol. The lowest BCUT2D eigenvalue weighted by molar-refractivity contribution is -0.122. The molecule has 0 spiro atoms. The van der Waals surface area contributed by atoms with Crippen molar-refractivity contribution >= 4 is 21.8 Å². The summed E-state index contributed by atoms with van der Waals surface area (Å²) in [6, 6.07) is 3.88. The molecule has 6 heteroatoms. The van der Waals surface area contributed by atoms with Crippen molar-refractivity contribution in [1.29, 1.82) is 0 Å². The first kappa shape index (κ1) is 15.1. The van der Waals surface area contributed by atoms with Crippen LogP contribution in [-0.4, -0.2) is 37.2 Å². The summed E-state index contributed by atoms with van der Waals surface area (Å²) in [5, 5.41) is 2.82. The Balaban J connectivity index is 2.05. The number of fused-ring (bicyclic) bond motifs is 1. The third-order valence-electron chi connectivity index (χ3n) is 3.12. The Morgan fingerprint density at radius 1 is 1.35 bits per heavy atom. The highest BCUT2D eigenvalue weighted by Crippen LogP contribution is 2.37. The molecule has 1 aliphatic heterocycles. The van der Waals surface area contributed by atoms with Crippen LogP contribution in [0.25, 0.3) is 0 Å². The molecule has 20 heavy (non-hydrogen) atoms. The van der Waals surface area contributed by atoms with Gasteiger partial charge in [-0.2, -0.15) is 0 Å². The minimum atomic E-state index is 0.0474. The van der Waals surface area contributed by atoms with Crippen LogP contribution >= 0.6 is 15.9 Å². The molecule has 2 rings (SSSR count). The van der Waals surface area contributed by atoms with Crippen LogP contribution in [0.5, 0.6) is 11.5 Å². The molecule has 5 nitrogen and oxygen atoms in total. The third kappa shape index (κ3) is 3.64. The first-order valence-electron chi connectivity index (χ1n) is 6.71. The summed E-state index contributed by atoms with van der Waals surface area (Å²) in [7, 11) is 0. The van der Waals surface area contributed by atoms with Gasteiger partial charge in [0.2, 0.25) is 12.7 Å². The second kappa shape index (κ2) is 6.95. The first-order chi connectivity index (χ1) is 9.63. The van der Waals surface area contributed by atoms with Crippen LogP contribution in [0.15, 0.2) is 16.6 Å². The van der Waals surface area contributed by atoms with E-state index in [4.69, 9.17) is 9.47 Å². The van der Waals surface area contributed by atoms with Crippen LogP contribution in [0.3, 0.4) is 0 Å². The molecule has 0 aliphatic carbocycles. The maximum absolute atomic E-state index is 11.7. The normalized spacial score (nSPS) is 12.8. The number of hydrogen-bond donors (Lipinski definition) is 1. The van der Waals surface area contributed by atoms with Gasteiger partial charge >= 0.3 is 0 Å². The van der Waals surface area contributed by atoms with Gasteiger partial charge in [-0.3, -0.25) is 9.69 Å². The van der Waals surface area contributed by atoms with Gasteiger partial charge in [-0.25, -0.2) is 0 Å². The van der Waals surface area contributed by atoms with Crippen LogP contribution in [0.4, 0.5) is 0 Å². The van der Waals surface area contributed by atoms with E-state index in [0.717, 1.165) is 28.1 Å². The van der Waals surface area contributed by atoms with E-state index in [1.807, 2.05) is 26.0 Å². The number of rotatable bonds is 6. The fourth-order valence-corrected chi connectivity index (χ4v) is 2.50. The van der Waals surface area contributed by atoms with Crippen molar-refractivity contribution in [2.75, 3.05) is 26.4 Å². The maximum atomic E-state index is 11.7. The van der Waals surface area contributed by atoms with E-state index in [2.05, 4.69) is 26.1 Å². The summed E-state index contributed by atoms with van der Waals surface area (Å²) >= 11 is 3.54. The Labute approximate surface area is 127 Å². The van der Waals surface area contributed by atoms with E-state index in [1.54, 1.807) is 0 Å². The van der Waals surface area contributed by atoms with Crippen molar-refractivity contribution in [3.63, 3.8) is 0 Å². The summed E-state index contributed by atoms with van der Waals surface area (Å²) in [5.74, 6) is 1.57. The number of likely N-dealkylation sites (N-methyl/N-ethyl adjacent to an activating group) is 2. The van der Waals surface area contributed by atoms with Gasteiger partial charge in [-0.05, 0) is 31.2 Å². The molecule has 0 aromatic heterocycles. The van der Waals surface area contributed by atoms with Gasteiger partial charge in [0.15, 0.2) is 11.5 Å². The number of halogens is 1. The number of nitrogens with zero attached hydrogens (tertiary/aromatic N) is 1. The summed E-state index contributed by atoms with van der Waals surface area (Å²) in [4.78, 5) is 13.7. The predicted molar refractivity (Wildman–Crippen MR) is 79.9 cm³/mol. The summed E-state index contributed by atoms with van der Waals surface area (Å²) in [5.41, 5.74) is 1.08. The Hall–Kier alpha value is -1.27. The number of nitrogens with one attached hydrogen (secondary N) is 1. The highest BCUT2D eigenvalue weighted by Gasteiger charge is 2.18. The Bertz CT molecular complexity index is 494. The van der Waals surface area contributed by atoms with Crippen LogP contribution in [0.2, 0.25) is 0 Å². The minimum absolute atomic E-state index is 0.0474. The van der Waals surface area contributed by atoms with Crippen molar-refractivity contribution in [2.24, 2.45) is 0 Å². The quantitative estimate of drug-likeness (QED) is 0.860. The smallest absolute Gasteiger partial charge is 0.234 e. The Morgan fingerprint density at radius 2 is 2.05 bits per heavy atom. The molecule has 1 aromatic rings. The van der Waals surface area contributed by atoms with Gasteiger partial charge in [-0.1, -0.05) is 22.9 Å². The lowest BCUT2D eigenvalue weighted by Gasteiger charge is -2.20. The molecule has 0 unspecified atom stereocenters. The van der Waals surface area contributed by atoms with Gasteiger partial charge in [0.05, 0.1) is 6.54 Å². The number of ether oxygens (including phenoxy) is 2. The molecule has 1 heterocycles. The van der Waals surface area contributed by atoms with Gasteiger partial charge in [0.1, 0.15) is 0 Å². The maximum Gasteiger partial charge on any atom is 0.234 e. The van der Waals surface area contributed by atoms with E-state index >= 15 is 0 Å². The fourth-order valence-electron chi connectivity index (χ4n) is 2.06. The minimum Gasteiger partial charge on any atom is -0.454 e. The number of carbonyl (C=O) groups excluding carboxylic acids is 1. The first-order valence-corrected chi connectivity index (χ1v) is 7.50. The van der Waals surface area contributed by atoms with Crippen LogP contribution < -0.4 is 14.8 Å². The average molecular weight is 343 g/mol. The molecule has 1 aromatic carbocycles. The molecular formula is C14H19BrN2O3. The second-order valence-corrected chi connectivity index (χ2v) is 5.41. The van der Waals surface area contributed by atoms with E-state index in [-0.39, 0.29) is 12.7 Å². The van der Waals surface area contributed by atoms with E-state index in [0.29, 0.717) is 19.6 Å². The van der Waals surface area contributed by atoms with Gasteiger partial charge in [0.25, 0.3) is 0 Å². The Kier molecular flexibility index (Phi) is 5.25. The number of hydrogen-bond acceptors (Lipinski definition) is 4. The zero-order valence-corrected chi connectivity index (χ0v) is 13.3. The molecule has 0 fully saturated rings. The van der Waals surface area contributed by atoms with Crippen molar-refractivity contribution < 1.29 is 14.3 Å². The van der Waals surface area contributed by atoms with E-state index < -0.39 is 0 Å². The van der Waals surface area contributed by atoms with E-state index in [1.165, 1.54) is 0 Å². The predicted octanol–water partition coefficient (Wildman–Crippen LogP) is 2.14. The second-order valence-electron chi connectivity index (χ2n) is 4.55. The molecule has 0 bridgehead atoms. The summed E-state index contributed by atoms with van der Waals surface area (Å²) in [6.45, 7) is 6.77. The lowest BCUT2D eigenvalue weighted by Crippen LogP contribution is -2.36. The van der Waals surface area contributed by atoms with Gasteiger partial charge < -0.3 is 14.8 Å². The number of carbonyl (C=O) groups is 1. The number of benzene rings is 1. The van der Waals surface area contributed by atoms with Crippen molar-refractivity contribution in [1.82, 2.24) is 10.2 Å². The third-order valence-corrected chi connectivity index (χ3v) is 3.86. The van der Waals surface area contributed by atoms with Crippen molar-refractivity contribution in [3.05, 3.63) is 22.2 Å². The van der Waals surface area contributed by atoms with Crippen LogP contribution in [-0.2, 0) is 11.3 Å². The standard InChI is InChI=1S/C14H19BrN2O3/c1-3-16-14(18)8-17(4-2)7-10-5-12-13(6-11(10)15)20-9-19-12/h5-6H,3-4,7-9H2,1-2H3,(H,16,18). The lowest BCUT2D eigenvalue weighted by atomic mass is 10.2. The molecule has 0 atom stereocenters. The molecule has 1 N–H and O–H groups in total. The number of amides is 1. The Morgan fingerprint density at radius 3 is 2.70 bits per heavy atom. The SMILES string of the molecule is CCNC(=O)CN(CC)Cc1cc2c(cc1Br)OCO2. The largest absolute Gasteiger partial charge is 0.454 e. The van der Waals surface area contributed by atoms with Gasteiger partial charge in [0, 0.05) is 17.6 Å². The van der Waals surface area contributed by atoms with E-state index in [9.17, 15) is 4.79 Å². The average Bonchev–Trinajstić information content (AvgIpc) is 2.85. The molecule has 0 saturated heterocycles. The van der Waals surface area contributed by atoms with Crippen molar-refractivity contribution in [3.8, 4) is 11.5 Å². The summed E-state index contributed by atoms with van der Waals surface area (Å²) in [6.07, 6.45) is 0. The van der Waals surface area contributed by atoms with Crippen LogP contribution in [0.1, 0.15) is 19.4 Å². The highest BCUT2D eigenvalue weighted by molar-refractivity contribution is 9.10. The van der Waals surface area contributed by atoms with Crippen LogP contribution in [0, 0.1) is 0 Å². The molecule has 110 valence electrons. The zero-order valence-electron chi connectivity index (χ0n) is 11.7. The fraction of sp³-hybridized carbons (Fsp3) is 0.500. The summed E-state index contributed by atoms with van der Waals surface area (Å²) < 4.78 is 11.7. The van der Waals surface area contributed by atoms with Gasteiger partial charge in [-0.15, -0.1) is 0 Å². The molecule has 1 amide bonds. The zero-order chi connectivity index (χ0) is 14.5.